The molecule has 0 rings (SSSR count). The quantitative estimate of drug-likeness (QED) is 0.523. The van der Waals surface area contributed by atoms with E-state index in [1.807, 2.05) is 27.7 Å². The molecule has 0 aliphatic heterocycles. The maximum absolute atomic E-state index is 12.2. The maximum Gasteiger partial charge on any atom is 0.328 e. The van der Waals surface area contributed by atoms with Crippen molar-refractivity contribution < 1.29 is 19.4 Å². The number of hydrogen-bond donors (Lipinski definition) is 2. The summed E-state index contributed by atoms with van der Waals surface area (Å²) in [6.07, 6.45) is 1.06. The SMILES string of the molecule is C=CC(C(=O)N[C@@H](CC(C)C)C(=O)OC)C(O)C(C)C. The third kappa shape index (κ3) is 5.74. The molecule has 0 radical (unpaired) electrons. The molecule has 0 aliphatic rings. The molecule has 2 unspecified atom stereocenters. The van der Waals surface area contributed by atoms with Crippen molar-refractivity contribution in [3.05, 3.63) is 12.7 Å². The second kappa shape index (κ2) is 8.74. The van der Waals surface area contributed by atoms with Crippen molar-refractivity contribution >= 4 is 11.9 Å². The molecule has 0 aromatic carbocycles. The summed E-state index contributed by atoms with van der Waals surface area (Å²) in [4.78, 5) is 23.9. The van der Waals surface area contributed by atoms with E-state index in [1.165, 1.54) is 13.2 Å². The number of aliphatic hydroxyl groups excluding tert-OH is 1. The maximum atomic E-state index is 12.2. The summed E-state index contributed by atoms with van der Waals surface area (Å²) in [6, 6.07) is -0.700. The first-order valence-electron chi connectivity index (χ1n) is 6.93. The fraction of sp³-hybridized carbons (Fsp3) is 0.733. The Morgan fingerprint density at radius 2 is 1.85 bits per heavy atom. The monoisotopic (exact) mass is 285 g/mol. The van der Waals surface area contributed by atoms with Gasteiger partial charge in [0.1, 0.15) is 6.04 Å². The molecule has 0 heterocycles. The van der Waals surface area contributed by atoms with E-state index in [-0.39, 0.29) is 11.8 Å². The van der Waals surface area contributed by atoms with E-state index < -0.39 is 29.9 Å². The third-order valence-corrected chi connectivity index (χ3v) is 3.12. The van der Waals surface area contributed by atoms with Crippen LogP contribution in [0.3, 0.4) is 0 Å². The first-order chi connectivity index (χ1) is 9.24. The highest BCUT2D eigenvalue weighted by molar-refractivity contribution is 5.87. The molecule has 3 atom stereocenters. The Bertz CT molecular complexity index is 339. The molecule has 5 nitrogen and oxygen atoms in total. The van der Waals surface area contributed by atoms with Gasteiger partial charge in [0.15, 0.2) is 0 Å². The van der Waals surface area contributed by atoms with Crippen LogP contribution < -0.4 is 5.32 Å². The summed E-state index contributed by atoms with van der Waals surface area (Å²) >= 11 is 0. The van der Waals surface area contributed by atoms with Gasteiger partial charge in [-0.1, -0.05) is 33.8 Å². The standard InChI is InChI=1S/C15H27NO4/c1-7-11(13(17)10(4)5)14(18)16-12(8-9(2)3)15(19)20-6/h7,9-13,17H,1,8H2,2-6H3,(H,16,18)/t11?,12-,13?/m0/s1. The van der Waals surface area contributed by atoms with Crippen LogP contribution in [-0.2, 0) is 14.3 Å². The van der Waals surface area contributed by atoms with Crippen LogP contribution in [0.2, 0.25) is 0 Å². The predicted molar refractivity (Wildman–Crippen MR) is 77.9 cm³/mol. The fourth-order valence-corrected chi connectivity index (χ4v) is 1.91. The fourth-order valence-electron chi connectivity index (χ4n) is 1.91. The highest BCUT2D eigenvalue weighted by Gasteiger charge is 2.30. The minimum atomic E-state index is -0.829. The van der Waals surface area contributed by atoms with Gasteiger partial charge < -0.3 is 15.2 Å². The van der Waals surface area contributed by atoms with Crippen LogP contribution in [0.4, 0.5) is 0 Å². The Balaban J connectivity index is 4.88. The van der Waals surface area contributed by atoms with Crippen molar-refractivity contribution in [2.45, 2.75) is 46.3 Å². The van der Waals surface area contributed by atoms with Crippen LogP contribution in [0, 0.1) is 17.8 Å². The van der Waals surface area contributed by atoms with E-state index in [1.54, 1.807) is 0 Å². The van der Waals surface area contributed by atoms with Crippen molar-refractivity contribution in [3.63, 3.8) is 0 Å². The summed E-state index contributed by atoms with van der Waals surface area (Å²) in [5.74, 6) is -1.47. The highest BCUT2D eigenvalue weighted by atomic mass is 16.5. The van der Waals surface area contributed by atoms with Crippen molar-refractivity contribution in [3.8, 4) is 0 Å². The number of amides is 1. The molecule has 0 spiro atoms. The molecular weight excluding hydrogens is 258 g/mol. The van der Waals surface area contributed by atoms with Crippen LogP contribution in [-0.4, -0.2) is 36.2 Å². The van der Waals surface area contributed by atoms with Crippen LogP contribution >= 0.6 is 0 Å². The molecule has 116 valence electrons. The number of carbonyl (C=O) groups is 2. The van der Waals surface area contributed by atoms with Gasteiger partial charge in [0.2, 0.25) is 5.91 Å². The summed E-state index contributed by atoms with van der Waals surface area (Å²) in [7, 11) is 1.29. The Morgan fingerprint density at radius 1 is 1.30 bits per heavy atom. The summed E-state index contributed by atoms with van der Waals surface area (Å²) in [5.41, 5.74) is 0. The number of carbonyl (C=O) groups excluding carboxylic acids is 2. The molecule has 0 fully saturated rings. The Morgan fingerprint density at radius 3 is 2.20 bits per heavy atom. The van der Waals surface area contributed by atoms with Gasteiger partial charge in [-0.15, -0.1) is 6.58 Å². The summed E-state index contributed by atoms with van der Waals surface area (Å²) < 4.78 is 4.69. The molecule has 0 saturated heterocycles. The number of nitrogens with one attached hydrogen (secondary N) is 1. The molecule has 0 saturated carbocycles. The summed E-state index contributed by atoms with van der Waals surface area (Å²) in [6.45, 7) is 11.1. The predicted octanol–water partition coefficient (Wildman–Crippen LogP) is 1.51. The van der Waals surface area contributed by atoms with E-state index in [0.29, 0.717) is 6.42 Å². The van der Waals surface area contributed by atoms with Crippen LogP contribution in [0.5, 0.6) is 0 Å². The normalized spacial score (nSPS) is 15.6. The smallest absolute Gasteiger partial charge is 0.328 e. The molecule has 0 bridgehead atoms. The minimum absolute atomic E-state index is 0.0783. The van der Waals surface area contributed by atoms with Crippen molar-refractivity contribution in [1.29, 1.82) is 0 Å². The van der Waals surface area contributed by atoms with E-state index >= 15 is 0 Å². The molecule has 2 N–H and O–H groups in total. The molecule has 1 amide bonds. The second-order valence-corrected chi connectivity index (χ2v) is 5.71. The van der Waals surface area contributed by atoms with Crippen molar-refractivity contribution in [2.75, 3.05) is 7.11 Å². The highest BCUT2D eigenvalue weighted by Crippen LogP contribution is 2.15. The van der Waals surface area contributed by atoms with Crippen LogP contribution in [0.15, 0.2) is 12.7 Å². The average molecular weight is 285 g/mol. The Labute approximate surface area is 121 Å². The zero-order valence-electron chi connectivity index (χ0n) is 13.1. The number of rotatable bonds is 8. The molecular formula is C15H27NO4. The average Bonchev–Trinajstić information content (AvgIpc) is 2.36. The van der Waals surface area contributed by atoms with Crippen LogP contribution in [0.25, 0.3) is 0 Å². The van der Waals surface area contributed by atoms with Crippen LogP contribution in [0.1, 0.15) is 34.1 Å². The van der Waals surface area contributed by atoms with E-state index in [4.69, 9.17) is 4.74 Å². The first kappa shape index (κ1) is 18.6. The first-order valence-corrected chi connectivity index (χ1v) is 6.93. The number of ether oxygens (including phenoxy) is 1. The van der Waals surface area contributed by atoms with Gasteiger partial charge >= 0.3 is 5.97 Å². The lowest BCUT2D eigenvalue weighted by Crippen LogP contribution is -2.47. The molecule has 0 aromatic rings. The molecule has 0 aliphatic carbocycles. The lowest BCUT2D eigenvalue weighted by atomic mass is 9.92. The van der Waals surface area contributed by atoms with Gasteiger partial charge in [-0.3, -0.25) is 4.79 Å². The molecule has 5 heteroatoms. The largest absolute Gasteiger partial charge is 0.467 e. The van der Waals surface area contributed by atoms with E-state index in [0.717, 1.165) is 0 Å². The topological polar surface area (TPSA) is 75.6 Å². The molecule has 0 aromatic heterocycles. The van der Waals surface area contributed by atoms with Crippen molar-refractivity contribution in [2.24, 2.45) is 17.8 Å². The minimum Gasteiger partial charge on any atom is -0.467 e. The Hall–Kier alpha value is -1.36. The zero-order valence-corrected chi connectivity index (χ0v) is 13.1. The second-order valence-electron chi connectivity index (χ2n) is 5.71. The van der Waals surface area contributed by atoms with E-state index in [9.17, 15) is 14.7 Å². The lowest BCUT2D eigenvalue weighted by Gasteiger charge is -2.25. The summed E-state index contributed by atoms with van der Waals surface area (Å²) in [5, 5.41) is 12.6. The van der Waals surface area contributed by atoms with Gasteiger partial charge in [0, 0.05) is 0 Å². The van der Waals surface area contributed by atoms with Crippen molar-refractivity contribution in [1.82, 2.24) is 5.32 Å². The van der Waals surface area contributed by atoms with Gasteiger partial charge in [-0.25, -0.2) is 4.79 Å². The van der Waals surface area contributed by atoms with Gasteiger partial charge in [0.05, 0.1) is 19.1 Å². The van der Waals surface area contributed by atoms with Gasteiger partial charge in [-0.05, 0) is 18.3 Å². The number of aliphatic hydroxyl groups is 1. The number of esters is 1. The van der Waals surface area contributed by atoms with E-state index in [2.05, 4.69) is 11.9 Å². The van der Waals surface area contributed by atoms with Gasteiger partial charge in [0.25, 0.3) is 0 Å². The third-order valence-electron chi connectivity index (χ3n) is 3.12. The molecule has 20 heavy (non-hydrogen) atoms. The lowest BCUT2D eigenvalue weighted by molar-refractivity contribution is -0.146. The Kier molecular flexibility index (Phi) is 8.15. The van der Waals surface area contributed by atoms with Gasteiger partial charge in [-0.2, -0.15) is 0 Å². The zero-order chi connectivity index (χ0) is 15.9. The number of hydrogen-bond acceptors (Lipinski definition) is 4. The number of methoxy groups -OCH3 is 1.